The molecule has 2 aromatic heterocycles. The number of aromatic nitrogens is 4. The van der Waals surface area contributed by atoms with Crippen LogP contribution in [-0.4, -0.2) is 32.0 Å². The number of hydrogen-bond acceptors (Lipinski definition) is 6. The second-order valence-electron chi connectivity index (χ2n) is 7.49. The number of carbonyl (C=O) groups is 2. The number of rotatable bonds is 6. The van der Waals surface area contributed by atoms with Crippen LogP contribution in [0.1, 0.15) is 37.7 Å². The normalized spacial score (nSPS) is 10.7. The van der Waals surface area contributed by atoms with E-state index in [9.17, 15) is 14.0 Å². The van der Waals surface area contributed by atoms with E-state index >= 15 is 0 Å². The Bertz CT molecular complexity index is 1300. The highest BCUT2D eigenvalue weighted by molar-refractivity contribution is 7.98. The minimum atomic E-state index is -0.553. The Kier molecular flexibility index (Phi) is 6.98. The van der Waals surface area contributed by atoms with Crippen molar-refractivity contribution in [3.8, 4) is 11.3 Å². The molecule has 2 heterocycles. The van der Waals surface area contributed by atoms with Gasteiger partial charge < -0.3 is 0 Å². The van der Waals surface area contributed by atoms with Crippen molar-refractivity contribution in [3.63, 3.8) is 0 Å². The Morgan fingerprint density at radius 2 is 1.59 bits per heavy atom. The number of nitrogens with zero attached hydrogens (tertiary/aromatic N) is 3. The van der Waals surface area contributed by atoms with Crippen molar-refractivity contribution < 1.29 is 14.0 Å². The fourth-order valence-corrected chi connectivity index (χ4v) is 4.11. The van der Waals surface area contributed by atoms with Crippen LogP contribution in [0.15, 0.2) is 66.0 Å². The van der Waals surface area contributed by atoms with E-state index in [0.717, 1.165) is 17.0 Å². The first-order valence-corrected chi connectivity index (χ1v) is 11.3. The fraction of sp³-hybridized carbons (Fsp3) is 0.125. The molecule has 2 amide bonds. The topological polar surface area (TPSA) is 113 Å². The Balaban J connectivity index is 1.33. The molecule has 0 saturated carbocycles. The average Bonchev–Trinajstić information content (AvgIpc) is 3.31. The van der Waals surface area contributed by atoms with Gasteiger partial charge in [0, 0.05) is 28.3 Å². The van der Waals surface area contributed by atoms with Crippen molar-refractivity contribution in [2.24, 2.45) is 0 Å². The summed E-state index contributed by atoms with van der Waals surface area (Å²) in [5.41, 5.74) is 9.25. The highest BCUT2D eigenvalue weighted by Crippen LogP contribution is 2.22. The van der Waals surface area contributed by atoms with Gasteiger partial charge in [-0.15, -0.1) is 0 Å². The summed E-state index contributed by atoms with van der Waals surface area (Å²) in [5, 5.41) is 7.31. The predicted octanol–water partition coefficient (Wildman–Crippen LogP) is 3.99. The molecule has 0 saturated heterocycles. The van der Waals surface area contributed by atoms with E-state index in [-0.39, 0.29) is 11.4 Å². The van der Waals surface area contributed by atoms with Crippen molar-refractivity contribution in [1.29, 1.82) is 0 Å². The molecule has 4 aromatic rings. The molecule has 0 aliphatic heterocycles. The van der Waals surface area contributed by atoms with Gasteiger partial charge in [0.25, 0.3) is 11.8 Å². The zero-order valence-electron chi connectivity index (χ0n) is 18.4. The third-order valence-corrected chi connectivity index (χ3v) is 5.77. The van der Waals surface area contributed by atoms with E-state index in [1.54, 1.807) is 12.1 Å². The van der Waals surface area contributed by atoms with Crippen LogP contribution in [-0.2, 0) is 5.75 Å². The third-order valence-electron chi connectivity index (χ3n) is 4.85. The average molecular weight is 477 g/mol. The molecule has 2 aromatic carbocycles. The number of carbonyl (C=O) groups excluding carboxylic acids is 2. The number of H-pyrrole nitrogens is 1. The smallest absolute Gasteiger partial charge is 0.273 e. The molecule has 172 valence electrons. The molecule has 8 nitrogen and oxygen atoms in total. The van der Waals surface area contributed by atoms with Crippen LogP contribution in [0.3, 0.4) is 0 Å². The summed E-state index contributed by atoms with van der Waals surface area (Å²) in [6.07, 6.45) is 1.34. The van der Waals surface area contributed by atoms with Crippen molar-refractivity contribution in [3.05, 3.63) is 94.7 Å². The van der Waals surface area contributed by atoms with Gasteiger partial charge >= 0.3 is 0 Å². The molecule has 0 fully saturated rings. The Morgan fingerprint density at radius 1 is 0.941 bits per heavy atom. The van der Waals surface area contributed by atoms with Crippen LogP contribution in [0.4, 0.5) is 4.39 Å². The molecular formula is C24H21FN6O2S. The first-order valence-electron chi connectivity index (χ1n) is 10.3. The number of nitrogens with one attached hydrogen (secondary N) is 3. The van der Waals surface area contributed by atoms with Gasteiger partial charge in [0.05, 0.1) is 17.5 Å². The van der Waals surface area contributed by atoms with Crippen LogP contribution >= 0.6 is 11.8 Å². The van der Waals surface area contributed by atoms with E-state index in [0.29, 0.717) is 27.7 Å². The molecule has 0 spiro atoms. The molecule has 0 atom stereocenters. The lowest BCUT2D eigenvalue weighted by Gasteiger charge is -2.09. The largest absolute Gasteiger partial charge is 0.277 e. The van der Waals surface area contributed by atoms with E-state index < -0.39 is 11.8 Å². The fourth-order valence-electron chi connectivity index (χ4n) is 3.21. The van der Waals surface area contributed by atoms with Crippen molar-refractivity contribution >= 4 is 23.6 Å². The quantitative estimate of drug-likeness (QED) is 0.220. The maximum absolute atomic E-state index is 13.2. The number of aromatic amines is 1. The van der Waals surface area contributed by atoms with Gasteiger partial charge in [-0.3, -0.25) is 25.5 Å². The number of amides is 2. The molecule has 34 heavy (non-hydrogen) atoms. The van der Waals surface area contributed by atoms with Crippen molar-refractivity contribution in [2.45, 2.75) is 24.8 Å². The van der Waals surface area contributed by atoms with E-state index in [4.69, 9.17) is 0 Å². The number of hydrazine groups is 1. The molecule has 0 aliphatic rings. The summed E-state index contributed by atoms with van der Waals surface area (Å²) in [6, 6.07) is 14.6. The van der Waals surface area contributed by atoms with E-state index in [2.05, 4.69) is 31.0 Å². The molecule has 3 N–H and O–H groups in total. The highest BCUT2D eigenvalue weighted by atomic mass is 32.2. The van der Waals surface area contributed by atoms with E-state index in [1.807, 2.05) is 32.0 Å². The van der Waals surface area contributed by atoms with Gasteiger partial charge in [-0.2, -0.15) is 5.10 Å². The Morgan fingerprint density at radius 3 is 2.26 bits per heavy atom. The Hall–Kier alpha value is -4.05. The summed E-state index contributed by atoms with van der Waals surface area (Å²) in [6.45, 7) is 3.86. The molecule has 4 rings (SSSR count). The van der Waals surface area contributed by atoms with E-state index in [1.165, 1.54) is 42.2 Å². The van der Waals surface area contributed by atoms with Gasteiger partial charge in [-0.05, 0) is 61.9 Å². The Labute approximate surface area is 199 Å². The summed E-state index contributed by atoms with van der Waals surface area (Å²) >= 11 is 1.52. The standard InChI is InChI=1S/C24H21FN6O2S/c1-14-11-15(2)28-24(27-14)34-13-16-3-5-18(6-4-16)22(32)30-31-23(33)20-12-26-29-21(20)17-7-9-19(25)10-8-17/h3-12H,13H2,1-2H3,(H,26,29)(H,30,32)(H,31,33). The molecule has 0 unspecified atom stereocenters. The summed E-state index contributed by atoms with van der Waals surface area (Å²) in [7, 11) is 0. The van der Waals surface area contributed by atoms with Crippen LogP contribution in [0.5, 0.6) is 0 Å². The first-order chi connectivity index (χ1) is 16.4. The van der Waals surface area contributed by atoms with Crippen molar-refractivity contribution in [1.82, 2.24) is 31.0 Å². The lowest BCUT2D eigenvalue weighted by Crippen LogP contribution is -2.41. The molecule has 0 radical (unpaired) electrons. The second-order valence-corrected chi connectivity index (χ2v) is 8.44. The number of hydrogen-bond donors (Lipinski definition) is 3. The lowest BCUT2D eigenvalue weighted by atomic mass is 10.1. The number of aryl methyl sites for hydroxylation is 2. The second kappa shape index (κ2) is 10.3. The predicted molar refractivity (Wildman–Crippen MR) is 126 cm³/mol. The molecule has 10 heteroatoms. The molecule has 0 bridgehead atoms. The maximum Gasteiger partial charge on any atom is 0.273 e. The number of halogens is 1. The van der Waals surface area contributed by atoms with Crippen molar-refractivity contribution in [2.75, 3.05) is 0 Å². The summed E-state index contributed by atoms with van der Waals surface area (Å²) in [5.74, 6) is -0.738. The van der Waals surface area contributed by atoms with Crippen LogP contribution in [0, 0.1) is 19.7 Å². The zero-order valence-corrected chi connectivity index (χ0v) is 19.2. The third kappa shape index (κ3) is 5.65. The maximum atomic E-state index is 13.2. The minimum Gasteiger partial charge on any atom is -0.277 e. The summed E-state index contributed by atoms with van der Waals surface area (Å²) in [4.78, 5) is 33.8. The molecular weight excluding hydrogens is 455 g/mol. The minimum absolute atomic E-state index is 0.216. The molecule has 0 aliphatic carbocycles. The highest BCUT2D eigenvalue weighted by Gasteiger charge is 2.16. The number of benzene rings is 2. The van der Waals surface area contributed by atoms with Crippen LogP contribution in [0.25, 0.3) is 11.3 Å². The number of thioether (sulfide) groups is 1. The lowest BCUT2D eigenvalue weighted by molar-refractivity contribution is 0.0847. The van der Waals surface area contributed by atoms with Gasteiger partial charge in [-0.1, -0.05) is 23.9 Å². The SMILES string of the molecule is Cc1cc(C)nc(SCc2ccc(C(=O)NNC(=O)c3cn[nH]c3-c3ccc(F)cc3)cc2)n1. The summed E-state index contributed by atoms with van der Waals surface area (Å²) < 4.78 is 13.2. The van der Waals surface area contributed by atoms with Gasteiger partial charge in [0.1, 0.15) is 5.82 Å². The van der Waals surface area contributed by atoms with Crippen LogP contribution < -0.4 is 10.9 Å². The monoisotopic (exact) mass is 476 g/mol. The van der Waals surface area contributed by atoms with Crippen LogP contribution in [0.2, 0.25) is 0 Å². The van der Waals surface area contributed by atoms with Gasteiger partial charge in [0.2, 0.25) is 0 Å². The first kappa shape index (κ1) is 23.1. The zero-order chi connectivity index (χ0) is 24.1. The van der Waals surface area contributed by atoms with Gasteiger partial charge in [-0.25, -0.2) is 14.4 Å². The van der Waals surface area contributed by atoms with Gasteiger partial charge in [0.15, 0.2) is 5.16 Å².